The van der Waals surface area contributed by atoms with Crippen LogP contribution in [0.25, 0.3) is 0 Å². The highest BCUT2D eigenvalue weighted by Gasteiger charge is 2.26. The Morgan fingerprint density at radius 2 is 1.72 bits per heavy atom. The molecule has 18 heavy (non-hydrogen) atoms. The van der Waals surface area contributed by atoms with Gasteiger partial charge in [-0.1, -0.05) is 24.3 Å². The Kier molecular flexibility index (Phi) is 4.04. The Balaban J connectivity index is 2.10. The van der Waals surface area contributed by atoms with E-state index in [4.69, 9.17) is 0 Å². The van der Waals surface area contributed by atoms with E-state index in [1.54, 1.807) is 4.31 Å². The predicted octanol–water partition coefficient (Wildman–Crippen LogP) is 1.07. The number of likely N-dealkylation sites (N-methyl/N-ethyl adjacent to an activating group) is 1. The lowest BCUT2D eigenvalue weighted by Gasteiger charge is -2.31. The molecule has 1 aromatic carbocycles. The predicted molar refractivity (Wildman–Crippen MR) is 72.9 cm³/mol. The second-order valence-corrected chi connectivity index (χ2v) is 6.85. The number of rotatable bonds is 3. The van der Waals surface area contributed by atoms with Crippen molar-refractivity contribution in [3.05, 3.63) is 35.4 Å². The van der Waals surface area contributed by atoms with Crippen molar-refractivity contribution >= 4 is 10.0 Å². The van der Waals surface area contributed by atoms with Gasteiger partial charge < -0.3 is 4.90 Å². The van der Waals surface area contributed by atoms with Gasteiger partial charge in [-0.15, -0.1) is 0 Å². The third-order valence-electron chi connectivity index (χ3n) is 3.45. The molecule has 0 atom stereocenters. The second-order valence-electron chi connectivity index (χ2n) is 4.89. The average molecular weight is 268 g/mol. The quantitative estimate of drug-likeness (QED) is 0.823. The zero-order chi connectivity index (χ0) is 13.2. The summed E-state index contributed by atoms with van der Waals surface area (Å²) in [7, 11) is -1.16. The summed E-state index contributed by atoms with van der Waals surface area (Å²) in [5.41, 5.74) is 1.94. The third kappa shape index (κ3) is 3.10. The lowest BCUT2D eigenvalue weighted by molar-refractivity contribution is 0.222. The molecule has 0 amide bonds. The van der Waals surface area contributed by atoms with Crippen molar-refractivity contribution in [3.63, 3.8) is 0 Å². The van der Waals surface area contributed by atoms with Crippen LogP contribution in [0.5, 0.6) is 0 Å². The van der Waals surface area contributed by atoms with Crippen molar-refractivity contribution in [2.75, 3.05) is 33.2 Å². The molecular formula is C13H20N2O2S. The first-order valence-electron chi connectivity index (χ1n) is 6.20. The molecule has 5 heteroatoms. The van der Waals surface area contributed by atoms with E-state index >= 15 is 0 Å². The first kappa shape index (κ1) is 13.5. The standard InChI is InChI=1S/C13H20N2O2S/c1-12-5-3-4-6-13(12)11-18(16,17)15-9-7-14(2)8-10-15/h3-6H,7-11H2,1-2H3. The number of hydrogen-bond donors (Lipinski definition) is 0. The molecule has 1 saturated heterocycles. The van der Waals surface area contributed by atoms with Gasteiger partial charge in [0.25, 0.3) is 0 Å². The molecule has 1 aromatic rings. The minimum atomic E-state index is -3.18. The van der Waals surface area contributed by atoms with Crippen molar-refractivity contribution in [2.45, 2.75) is 12.7 Å². The first-order chi connectivity index (χ1) is 8.49. The average Bonchev–Trinajstić information content (AvgIpc) is 2.32. The van der Waals surface area contributed by atoms with Crippen molar-refractivity contribution < 1.29 is 8.42 Å². The maximum Gasteiger partial charge on any atom is 0.218 e. The summed E-state index contributed by atoms with van der Waals surface area (Å²) >= 11 is 0. The van der Waals surface area contributed by atoms with Crippen LogP contribution in [0.15, 0.2) is 24.3 Å². The fourth-order valence-corrected chi connectivity index (χ4v) is 3.75. The highest BCUT2D eigenvalue weighted by atomic mass is 32.2. The molecule has 0 aromatic heterocycles. The van der Waals surface area contributed by atoms with Gasteiger partial charge >= 0.3 is 0 Å². The Hall–Kier alpha value is -0.910. The smallest absolute Gasteiger partial charge is 0.218 e. The highest BCUT2D eigenvalue weighted by molar-refractivity contribution is 7.88. The van der Waals surface area contributed by atoms with Gasteiger partial charge in [0.2, 0.25) is 10.0 Å². The molecule has 0 bridgehead atoms. The molecule has 1 heterocycles. The summed E-state index contributed by atoms with van der Waals surface area (Å²) < 4.78 is 26.3. The number of aryl methyl sites for hydroxylation is 1. The van der Waals surface area contributed by atoms with Crippen LogP contribution in [0.1, 0.15) is 11.1 Å². The SMILES string of the molecule is Cc1ccccc1CS(=O)(=O)N1CCN(C)CC1. The molecule has 1 fully saturated rings. The Morgan fingerprint density at radius 3 is 2.33 bits per heavy atom. The van der Waals surface area contributed by atoms with E-state index < -0.39 is 10.0 Å². The summed E-state index contributed by atoms with van der Waals surface area (Å²) in [6, 6.07) is 7.67. The van der Waals surface area contributed by atoms with Crippen LogP contribution in [-0.2, 0) is 15.8 Å². The fraction of sp³-hybridized carbons (Fsp3) is 0.538. The lowest BCUT2D eigenvalue weighted by Crippen LogP contribution is -2.47. The van der Waals surface area contributed by atoms with Crippen LogP contribution >= 0.6 is 0 Å². The van der Waals surface area contributed by atoms with Gasteiger partial charge in [0.1, 0.15) is 0 Å². The zero-order valence-corrected chi connectivity index (χ0v) is 11.8. The van der Waals surface area contributed by atoms with Crippen molar-refractivity contribution in [2.24, 2.45) is 0 Å². The van der Waals surface area contributed by atoms with Crippen molar-refractivity contribution in [1.29, 1.82) is 0 Å². The van der Waals surface area contributed by atoms with Crippen LogP contribution in [0.4, 0.5) is 0 Å². The van der Waals surface area contributed by atoms with Gasteiger partial charge in [-0.25, -0.2) is 8.42 Å². The van der Waals surface area contributed by atoms with E-state index in [2.05, 4.69) is 4.90 Å². The van der Waals surface area contributed by atoms with Gasteiger partial charge in [-0.3, -0.25) is 0 Å². The van der Waals surface area contributed by atoms with E-state index in [9.17, 15) is 8.42 Å². The molecule has 0 aliphatic carbocycles. The van der Waals surface area contributed by atoms with E-state index in [1.165, 1.54) is 0 Å². The van der Waals surface area contributed by atoms with Gasteiger partial charge in [-0.2, -0.15) is 4.31 Å². The topological polar surface area (TPSA) is 40.6 Å². The molecule has 4 nitrogen and oxygen atoms in total. The maximum atomic E-state index is 12.3. The van der Waals surface area contributed by atoms with Crippen molar-refractivity contribution in [1.82, 2.24) is 9.21 Å². The largest absolute Gasteiger partial charge is 0.304 e. The Morgan fingerprint density at radius 1 is 1.11 bits per heavy atom. The summed E-state index contributed by atoms with van der Waals surface area (Å²) in [6.07, 6.45) is 0. The van der Waals surface area contributed by atoms with Gasteiger partial charge in [0, 0.05) is 26.2 Å². The minimum absolute atomic E-state index is 0.114. The highest BCUT2D eigenvalue weighted by Crippen LogP contribution is 2.15. The normalized spacial score (nSPS) is 19.0. The molecule has 0 N–H and O–H groups in total. The molecule has 1 aliphatic heterocycles. The van der Waals surface area contributed by atoms with E-state index in [0.29, 0.717) is 13.1 Å². The summed E-state index contributed by atoms with van der Waals surface area (Å²) in [5, 5.41) is 0. The van der Waals surface area contributed by atoms with E-state index in [-0.39, 0.29) is 5.75 Å². The first-order valence-corrected chi connectivity index (χ1v) is 7.81. The number of benzene rings is 1. The molecule has 0 spiro atoms. The molecule has 100 valence electrons. The molecule has 1 aliphatic rings. The maximum absolute atomic E-state index is 12.3. The number of piperazine rings is 1. The summed E-state index contributed by atoms with van der Waals surface area (Å²) in [5.74, 6) is 0.114. The number of sulfonamides is 1. The molecule has 0 radical (unpaired) electrons. The molecule has 0 unspecified atom stereocenters. The van der Waals surface area contributed by atoms with Gasteiger partial charge in [0.15, 0.2) is 0 Å². The van der Waals surface area contributed by atoms with Gasteiger partial charge in [-0.05, 0) is 25.1 Å². The Labute approximate surface area is 109 Å². The number of hydrogen-bond acceptors (Lipinski definition) is 3. The van der Waals surface area contributed by atoms with Crippen molar-refractivity contribution in [3.8, 4) is 0 Å². The summed E-state index contributed by atoms with van der Waals surface area (Å²) in [4.78, 5) is 2.15. The van der Waals surface area contributed by atoms with Crippen LogP contribution < -0.4 is 0 Å². The fourth-order valence-electron chi connectivity index (χ4n) is 2.13. The lowest BCUT2D eigenvalue weighted by atomic mass is 10.1. The van der Waals surface area contributed by atoms with E-state index in [0.717, 1.165) is 24.2 Å². The minimum Gasteiger partial charge on any atom is -0.304 e. The third-order valence-corrected chi connectivity index (χ3v) is 5.28. The second kappa shape index (κ2) is 5.38. The Bertz CT molecular complexity index is 505. The van der Waals surface area contributed by atoms with Crippen LogP contribution in [0, 0.1) is 6.92 Å². The summed E-state index contributed by atoms with van der Waals surface area (Å²) in [6.45, 7) is 4.78. The molecular weight excluding hydrogens is 248 g/mol. The zero-order valence-electron chi connectivity index (χ0n) is 11.0. The van der Waals surface area contributed by atoms with Crippen LogP contribution in [0.3, 0.4) is 0 Å². The monoisotopic (exact) mass is 268 g/mol. The van der Waals surface area contributed by atoms with E-state index in [1.807, 2.05) is 38.2 Å². The van der Waals surface area contributed by atoms with Crippen LogP contribution in [0.2, 0.25) is 0 Å². The molecule has 2 rings (SSSR count). The number of nitrogens with zero attached hydrogens (tertiary/aromatic N) is 2. The molecule has 0 saturated carbocycles. The van der Waals surface area contributed by atoms with Crippen LogP contribution in [-0.4, -0.2) is 50.8 Å². The van der Waals surface area contributed by atoms with Gasteiger partial charge in [0.05, 0.1) is 5.75 Å².